The van der Waals surface area contributed by atoms with Gasteiger partial charge < -0.3 is 9.64 Å². The molecule has 2 aromatic carbocycles. The predicted octanol–water partition coefficient (Wildman–Crippen LogP) is 5.12. The van der Waals surface area contributed by atoms with Gasteiger partial charge in [-0.05, 0) is 43.9 Å². The molecule has 2 aromatic rings. The number of nitrogens with zero attached hydrogens (tertiary/aromatic N) is 1. The minimum absolute atomic E-state index is 0.819. The lowest BCUT2D eigenvalue weighted by atomic mass is 10.1. The molecule has 22 heavy (non-hydrogen) atoms. The van der Waals surface area contributed by atoms with E-state index < -0.39 is 0 Å². The van der Waals surface area contributed by atoms with Gasteiger partial charge in [-0.25, -0.2) is 0 Å². The highest BCUT2D eigenvalue weighted by molar-refractivity contribution is 5.88. The van der Waals surface area contributed by atoms with Crippen molar-refractivity contribution in [3.8, 4) is 5.75 Å². The number of hydrogen-bond acceptors (Lipinski definition) is 2. The van der Waals surface area contributed by atoms with E-state index >= 15 is 0 Å². The summed E-state index contributed by atoms with van der Waals surface area (Å²) >= 11 is 0. The van der Waals surface area contributed by atoms with Gasteiger partial charge in [0.2, 0.25) is 0 Å². The van der Waals surface area contributed by atoms with Crippen LogP contribution in [-0.2, 0) is 0 Å². The van der Waals surface area contributed by atoms with Gasteiger partial charge in [-0.3, -0.25) is 0 Å². The number of hydrogen-bond donors (Lipinski definition) is 0. The highest BCUT2D eigenvalue weighted by Crippen LogP contribution is 2.25. The molecule has 0 atom stereocenters. The third-order valence-electron chi connectivity index (χ3n) is 4.27. The molecule has 2 nitrogen and oxygen atoms in total. The number of unbranched alkanes of at least 4 members (excludes halogenated alkanes) is 3. The molecule has 0 fully saturated rings. The zero-order valence-corrected chi connectivity index (χ0v) is 14.1. The van der Waals surface area contributed by atoms with Gasteiger partial charge in [0.1, 0.15) is 5.75 Å². The van der Waals surface area contributed by atoms with Gasteiger partial charge in [-0.2, -0.15) is 0 Å². The lowest BCUT2D eigenvalue weighted by Crippen LogP contribution is -2.23. The van der Waals surface area contributed by atoms with Crippen LogP contribution in [0.4, 0.5) is 0 Å². The Bertz CT molecular complexity index is 543. The lowest BCUT2D eigenvalue weighted by Gasteiger charge is -2.17. The molecule has 0 bridgehead atoms. The van der Waals surface area contributed by atoms with Crippen LogP contribution in [0.15, 0.2) is 42.5 Å². The van der Waals surface area contributed by atoms with Gasteiger partial charge in [0.05, 0.1) is 6.61 Å². The van der Waals surface area contributed by atoms with E-state index in [1.54, 1.807) is 0 Å². The Morgan fingerprint density at radius 3 is 2.36 bits per heavy atom. The maximum Gasteiger partial charge on any atom is 0.127 e. The summed E-state index contributed by atoms with van der Waals surface area (Å²) in [5.41, 5.74) is 0. The molecule has 0 saturated heterocycles. The van der Waals surface area contributed by atoms with Gasteiger partial charge >= 0.3 is 0 Å². The first-order valence-electron chi connectivity index (χ1n) is 8.68. The third kappa shape index (κ3) is 5.03. The average Bonchev–Trinajstić information content (AvgIpc) is 2.57. The van der Waals surface area contributed by atoms with Crippen LogP contribution < -0.4 is 4.74 Å². The molecule has 0 aliphatic rings. The molecular formula is C20H29NO. The standard InChI is InChI=1S/C20H29NO/c1-3-21(4-2)16-9-5-6-10-17-22-20-15-11-13-18-12-7-8-14-19(18)20/h7-8,11-15H,3-6,9-10,16-17H2,1-2H3. The Balaban J connectivity index is 1.66. The molecule has 2 rings (SSSR count). The summed E-state index contributed by atoms with van der Waals surface area (Å²) in [5.74, 6) is 1.02. The molecule has 0 heterocycles. The summed E-state index contributed by atoms with van der Waals surface area (Å²) in [6.07, 6.45) is 5.00. The molecule has 0 spiro atoms. The summed E-state index contributed by atoms with van der Waals surface area (Å²) in [7, 11) is 0. The third-order valence-corrected chi connectivity index (χ3v) is 4.27. The van der Waals surface area contributed by atoms with Crippen molar-refractivity contribution < 1.29 is 4.74 Å². The normalized spacial score (nSPS) is 11.2. The van der Waals surface area contributed by atoms with Gasteiger partial charge in [-0.1, -0.05) is 63.1 Å². The van der Waals surface area contributed by atoms with Crippen LogP contribution in [0.5, 0.6) is 5.75 Å². The van der Waals surface area contributed by atoms with Crippen molar-refractivity contribution in [2.24, 2.45) is 0 Å². The molecule has 120 valence electrons. The summed E-state index contributed by atoms with van der Waals surface area (Å²) in [4.78, 5) is 2.49. The quantitative estimate of drug-likeness (QED) is 0.564. The van der Waals surface area contributed by atoms with E-state index in [9.17, 15) is 0 Å². The summed E-state index contributed by atoms with van der Waals surface area (Å²) in [6.45, 7) is 8.86. The second-order valence-corrected chi connectivity index (χ2v) is 5.77. The molecular weight excluding hydrogens is 270 g/mol. The molecule has 0 aliphatic heterocycles. The zero-order chi connectivity index (χ0) is 15.6. The maximum absolute atomic E-state index is 5.98. The van der Waals surface area contributed by atoms with Crippen molar-refractivity contribution in [3.05, 3.63) is 42.5 Å². The van der Waals surface area contributed by atoms with E-state index in [2.05, 4.69) is 61.2 Å². The van der Waals surface area contributed by atoms with E-state index in [4.69, 9.17) is 4.74 Å². The fourth-order valence-corrected chi connectivity index (χ4v) is 2.83. The van der Waals surface area contributed by atoms with Crippen LogP contribution in [0.25, 0.3) is 10.8 Å². The van der Waals surface area contributed by atoms with Crippen molar-refractivity contribution >= 4 is 10.8 Å². The molecule has 0 radical (unpaired) electrons. The summed E-state index contributed by atoms with van der Waals surface area (Å²) in [5, 5.41) is 2.46. The molecule has 2 heteroatoms. The van der Waals surface area contributed by atoms with Gasteiger partial charge in [-0.15, -0.1) is 0 Å². The van der Waals surface area contributed by atoms with Crippen molar-refractivity contribution in [1.29, 1.82) is 0 Å². The zero-order valence-electron chi connectivity index (χ0n) is 14.1. The van der Waals surface area contributed by atoms with Crippen LogP contribution in [-0.4, -0.2) is 31.1 Å². The van der Waals surface area contributed by atoms with Crippen LogP contribution in [0.3, 0.4) is 0 Å². The lowest BCUT2D eigenvalue weighted by molar-refractivity contribution is 0.285. The topological polar surface area (TPSA) is 12.5 Å². The Morgan fingerprint density at radius 2 is 1.55 bits per heavy atom. The van der Waals surface area contributed by atoms with Crippen molar-refractivity contribution in [1.82, 2.24) is 4.90 Å². The SMILES string of the molecule is CCN(CC)CCCCCCOc1cccc2ccccc12. The number of ether oxygens (including phenoxy) is 1. The number of benzene rings is 2. The van der Waals surface area contributed by atoms with E-state index in [1.807, 2.05) is 0 Å². The summed E-state index contributed by atoms with van der Waals surface area (Å²) in [6, 6.07) is 14.7. The number of fused-ring (bicyclic) bond motifs is 1. The highest BCUT2D eigenvalue weighted by Gasteiger charge is 2.01. The largest absolute Gasteiger partial charge is 0.493 e. The Kier molecular flexibility index (Phi) is 7.24. The molecule has 0 aromatic heterocycles. The van der Waals surface area contributed by atoms with E-state index in [1.165, 1.54) is 49.7 Å². The second-order valence-electron chi connectivity index (χ2n) is 5.77. The van der Waals surface area contributed by atoms with E-state index in [-0.39, 0.29) is 0 Å². The average molecular weight is 299 g/mol. The first-order chi connectivity index (χ1) is 10.8. The smallest absolute Gasteiger partial charge is 0.127 e. The molecule has 0 saturated carbocycles. The van der Waals surface area contributed by atoms with Crippen LogP contribution in [0, 0.1) is 0 Å². The van der Waals surface area contributed by atoms with Gasteiger partial charge in [0, 0.05) is 5.39 Å². The predicted molar refractivity (Wildman–Crippen MR) is 95.7 cm³/mol. The monoisotopic (exact) mass is 299 g/mol. The molecule has 0 aliphatic carbocycles. The van der Waals surface area contributed by atoms with Crippen molar-refractivity contribution in [2.75, 3.05) is 26.2 Å². The Labute approximate surface area is 135 Å². The number of rotatable bonds is 10. The van der Waals surface area contributed by atoms with Crippen molar-refractivity contribution in [3.63, 3.8) is 0 Å². The first-order valence-corrected chi connectivity index (χ1v) is 8.68. The molecule has 0 unspecified atom stereocenters. The van der Waals surface area contributed by atoms with Crippen LogP contribution in [0.1, 0.15) is 39.5 Å². The highest BCUT2D eigenvalue weighted by atomic mass is 16.5. The Morgan fingerprint density at radius 1 is 0.818 bits per heavy atom. The first kappa shape index (κ1) is 16.8. The van der Waals surface area contributed by atoms with Crippen LogP contribution in [0.2, 0.25) is 0 Å². The van der Waals surface area contributed by atoms with Crippen molar-refractivity contribution in [2.45, 2.75) is 39.5 Å². The second kappa shape index (κ2) is 9.47. The fraction of sp³-hybridized carbons (Fsp3) is 0.500. The molecule has 0 amide bonds. The minimum atomic E-state index is 0.819. The maximum atomic E-state index is 5.98. The van der Waals surface area contributed by atoms with E-state index in [0.717, 1.165) is 18.8 Å². The van der Waals surface area contributed by atoms with Gasteiger partial charge in [0.15, 0.2) is 0 Å². The van der Waals surface area contributed by atoms with Gasteiger partial charge in [0.25, 0.3) is 0 Å². The minimum Gasteiger partial charge on any atom is -0.493 e. The molecule has 0 N–H and O–H groups in total. The fourth-order valence-electron chi connectivity index (χ4n) is 2.83. The Hall–Kier alpha value is -1.54. The summed E-state index contributed by atoms with van der Waals surface area (Å²) < 4.78 is 5.98. The van der Waals surface area contributed by atoms with Crippen LogP contribution >= 0.6 is 0 Å². The van der Waals surface area contributed by atoms with E-state index in [0.29, 0.717) is 0 Å².